The molecule has 3 N–H and O–H groups in total. The monoisotopic (exact) mass is 366 g/mol. The van der Waals surface area contributed by atoms with Gasteiger partial charge in [0.25, 0.3) is 0 Å². The van der Waals surface area contributed by atoms with E-state index in [-0.39, 0.29) is 16.9 Å². The molecule has 1 saturated heterocycles. The molecule has 4 heteroatoms. The van der Waals surface area contributed by atoms with Crippen molar-refractivity contribution in [3.05, 3.63) is 59.7 Å². The number of aliphatic hydroxyl groups is 1. The van der Waals surface area contributed by atoms with E-state index in [0.717, 1.165) is 36.5 Å². The lowest BCUT2D eigenvalue weighted by Crippen LogP contribution is -2.54. The second kappa shape index (κ2) is 6.84. The topological polar surface area (TPSA) is 53.5 Å². The van der Waals surface area contributed by atoms with Gasteiger partial charge in [-0.25, -0.2) is 0 Å². The average Bonchev–Trinajstić information content (AvgIpc) is 3.24. The van der Waals surface area contributed by atoms with Crippen LogP contribution < -0.4 is 15.4 Å². The molecule has 2 aliphatic rings. The molecule has 1 spiro atoms. The van der Waals surface area contributed by atoms with Crippen molar-refractivity contribution >= 4 is 5.69 Å². The first-order chi connectivity index (χ1) is 12.9. The lowest BCUT2D eigenvalue weighted by atomic mass is 9.69. The van der Waals surface area contributed by atoms with Crippen molar-refractivity contribution in [1.82, 2.24) is 5.32 Å². The van der Waals surface area contributed by atoms with Gasteiger partial charge in [0.2, 0.25) is 0 Å². The van der Waals surface area contributed by atoms with Gasteiger partial charge in [0, 0.05) is 29.8 Å². The minimum Gasteiger partial charge on any atom is -0.489 e. The third-order valence-corrected chi connectivity index (χ3v) is 6.10. The molecule has 0 radical (unpaired) electrons. The zero-order valence-electron chi connectivity index (χ0n) is 16.5. The maximum Gasteiger partial charge on any atom is 0.121 e. The molecule has 0 amide bonds. The summed E-state index contributed by atoms with van der Waals surface area (Å²) in [7, 11) is 0. The largest absolute Gasteiger partial charge is 0.489 e. The molecule has 0 aromatic heterocycles. The SMILES string of the molecule is CC(C)(C)[C@@H](O)[C@@H]1NCC[C@]12CNc1cc(OCc3ccccc3)ccc12. The Labute approximate surface area is 161 Å². The van der Waals surface area contributed by atoms with Gasteiger partial charge in [0.15, 0.2) is 0 Å². The highest BCUT2D eigenvalue weighted by atomic mass is 16.5. The number of hydrogen-bond donors (Lipinski definition) is 3. The normalized spacial score (nSPS) is 25.3. The number of rotatable bonds is 4. The summed E-state index contributed by atoms with van der Waals surface area (Å²) in [5, 5.41) is 18.1. The van der Waals surface area contributed by atoms with Crippen molar-refractivity contribution in [2.75, 3.05) is 18.4 Å². The van der Waals surface area contributed by atoms with Crippen molar-refractivity contribution in [1.29, 1.82) is 0 Å². The van der Waals surface area contributed by atoms with Crippen LogP contribution in [0.3, 0.4) is 0 Å². The molecule has 144 valence electrons. The molecule has 3 atom stereocenters. The van der Waals surface area contributed by atoms with Crippen LogP contribution in [0.1, 0.15) is 38.3 Å². The molecule has 0 aliphatic carbocycles. The highest BCUT2D eigenvalue weighted by Crippen LogP contribution is 2.48. The standard InChI is InChI=1S/C23H30N2O2/c1-22(2,3)21(26)20-23(11-12-24-20)15-25-19-13-17(9-10-18(19)23)27-14-16-7-5-4-6-8-16/h4-10,13,20-21,24-26H,11-12,14-15H2,1-3H3/t20-,21-,23+/m0/s1. The van der Waals surface area contributed by atoms with E-state index in [1.165, 1.54) is 5.56 Å². The fourth-order valence-electron chi connectivity index (χ4n) is 4.50. The first-order valence-electron chi connectivity index (χ1n) is 9.87. The van der Waals surface area contributed by atoms with Gasteiger partial charge in [0.1, 0.15) is 12.4 Å². The Kier molecular flexibility index (Phi) is 4.65. The summed E-state index contributed by atoms with van der Waals surface area (Å²) < 4.78 is 5.99. The third-order valence-electron chi connectivity index (χ3n) is 6.10. The first-order valence-corrected chi connectivity index (χ1v) is 9.87. The molecule has 2 aromatic carbocycles. The van der Waals surface area contributed by atoms with Crippen LogP contribution in [-0.4, -0.2) is 30.3 Å². The van der Waals surface area contributed by atoms with Crippen LogP contribution in [0.4, 0.5) is 5.69 Å². The summed E-state index contributed by atoms with van der Waals surface area (Å²) in [4.78, 5) is 0. The van der Waals surface area contributed by atoms with Crippen molar-refractivity contribution in [3.8, 4) is 5.75 Å². The second-order valence-electron chi connectivity index (χ2n) is 8.98. The van der Waals surface area contributed by atoms with Crippen LogP contribution >= 0.6 is 0 Å². The van der Waals surface area contributed by atoms with Gasteiger partial charge in [0.05, 0.1) is 6.10 Å². The lowest BCUT2D eigenvalue weighted by molar-refractivity contribution is 0.0169. The molecule has 1 fully saturated rings. The van der Waals surface area contributed by atoms with E-state index in [2.05, 4.69) is 61.7 Å². The fraction of sp³-hybridized carbons (Fsp3) is 0.478. The minimum absolute atomic E-state index is 0.0556. The first kappa shape index (κ1) is 18.3. The number of ether oxygens (including phenoxy) is 1. The molecule has 4 nitrogen and oxygen atoms in total. The average molecular weight is 367 g/mol. The van der Waals surface area contributed by atoms with Crippen molar-refractivity contribution in [2.24, 2.45) is 5.41 Å². The van der Waals surface area contributed by atoms with Crippen LogP contribution in [0, 0.1) is 5.41 Å². The number of aliphatic hydroxyl groups excluding tert-OH is 1. The highest BCUT2D eigenvalue weighted by molar-refractivity contribution is 5.64. The van der Waals surface area contributed by atoms with Gasteiger partial charge < -0.3 is 20.5 Å². The van der Waals surface area contributed by atoms with Gasteiger partial charge in [-0.05, 0) is 35.6 Å². The Balaban J connectivity index is 1.56. The smallest absolute Gasteiger partial charge is 0.121 e. The van der Waals surface area contributed by atoms with Crippen molar-refractivity contribution in [3.63, 3.8) is 0 Å². The summed E-state index contributed by atoms with van der Waals surface area (Å²) in [6.07, 6.45) is 0.636. The van der Waals surface area contributed by atoms with E-state index < -0.39 is 6.10 Å². The lowest BCUT2D eigenvalue weighted by Gasteiger charge is -2.39. The number of anilines is 1. The number of hydrogen-bond acceptors (Lipinski definition) is 4. The van der Waals surface area contributed by atoms with E-state index in [1.54, 1.807) is 0 Å². The molecule has 0 saturated carbocycles. The molecule has 0 unspecified atom stereocenters. The van der Waals surface area contributed by atoms with Crippen molar-refractivity contribution in [2.45, 2.75) is 51.4 Å². The van der Waals surface area contributed by atoms with Crippen molar-refractivity contribution < 1.29 is 9.84 Å². The zero-order valence-corrected chi connectivity index (χ0v) is 16.5. The highest BCUT2D eigenvalue weighted by Gasteiger charge is 2.53. The summed E-state index contributed by atoms with van der Waals surface area (Å²) in [6.45, 7) is 8.68. The predicted octanol–water partition coefficient (Wildman–Crippen LogP) is 3.70. The van der Waals surface area contributed by atoms with E-state index in [4.69, 9.17) is 4.74 Å². The second-order valence-corrected chi connectivity index (χ2v) is 8.98. The Hall–Kier alpha value is -2.04. The number of fused-ring (bicyclic) bond motifs is 2. The maximum atomic E-state index is 11.0. The summed E-state index contributed by atoms with van der Waals surface area (Å²) >= 11 is 0. The Morgan fingerprint density at radius 1 is 1.19 bits per heavy atom. The summed E-state index contributed by atoms with van der Waals surface area (Å²) in [5.41, 5.74) is 3.38. The number of nitrogens with one attached hydrogen (secondary N) is 2. The van der Waals surface area contributed by atoms with E-state index in [0.29, 0.717) is 6.61 Å². The van der Waals surface area contributed by atoms with Gasteiger partial charge >= 0.3 is 0 Å². The maximum absolute atomic E-state index is 11.0. The van der Waals surface area contributed by atoms with Crippen LogP contribution in [0.5, 0.6) is 5.75 Å². The van der Waals surface area contributed by atoms with E-state index in [1.807, 2.05) is 18.2 Å². The van der Waals surface area contributed by atoms with Crippen LogP contribution in [0.2, 0.25) is 0 Å². The Morgan fingerprint density at radius 2 is 1.96 bits per heavy atom. The molecule has 4 rings (SSSR count). The molecule has 27 heavy (non-hydrogen) atoms. The predicted molar refractivity (Wildman–Crippen MR) is 109 cm³/mol. The molecule has 2 aromatic rings. The quantitative estimate of drug-likeness (QED) is 0.772. The Morgan fingerprint density at radius 3 is 2.70 bits per heavy atom. The van der Waals surface area contributed by atoms with Gasteiger partial charge in [-0.3, -0.25) is 0 Å². The van der Waals surface area contributed by atoms with Crippen LogP contribution in [0.25, 0.3) is 0 Å². The van der Waals surface area contributed by atoms with Crippen LogP contribution in [-0.2, 0) is 12.0 Å². The molecule has 0 bridgehead atoms. The molecule has 2 aliphatic heterocycles. The van der Waals surface area contributed by atoms with Gasteiger partial charge in [-0.15, -0.1) is 0 Å². The minimum atomic E-state index is -0.401. The van der Waals surface area contributed by atoms with Gasteiger partial charge in [-0.1, -0.05) is 57.2 Å². The number of benzene rings is 2. The summed E-state index contributed by atoms with van der Waals surface area (Å²) in [6, 6.07) is 16.6. The molecular weight excluding hydrogens is 336 g/mol. The zero-order chi connectivity index (χ0) is 19.1. The van der Waals surface area contributed by atoms with Crippen LogP contribution in [0.15, 0.2) is 48.5 Å². The third kappa shape index (κ3) is 3.32. The van der Waals surface area contributed by atoms with E-state index in [9.17, 15) is 5.11 Å². The summed E-state index contributed by atoms with van der Waals surface area (Å²) in [5.74, 6) is 0.876. The van der Waals surface area contributed by atoms with E-state index >= 15 is 0 Å². The fourth-order valence-corrected chi connectivity index (χ4v) is 4.50. The molecular formula is C23H30N2O2. The Bertz CT molecular complexity index is 800. The van der Waals surface area contributed by atoms with Gasteiger partial charge in [-0.2, -0.15) is 0 Å². The molecule has 2 heterocycles.